The first kappa shape index (κ1) is 19.4. The van der Waals surface area contributed by atoms with E-state index in [0.717, 1.165) is 12.8 Å². The first-order valence-electron chi connectivity index (χ1n) is 9.44. The maximum absolute atomic E-state index is 12.9. The van der Waals surface area contributed by atoms with Crippen molar-refractivity contribution in [1.29, 1.82) is 0 Å². The Morgan fingerprint density at radius 3 is 2.64 bits per heavy atom. The molecule has 146 valence electrons. The Morgan fingerprint density at radius 1 is 1.07 bits per heavy atom. The summed E-state index contributed by atoms with van der Waals surface area (Å²) in [7, 11) is 0. The summed E-state index contributed by atoms with van der Waals surface area (Å²) >= 11 is 0. The minimum Gasteiger partial charge on any atom is -0.492 e. The van der Waals surface area contributed by atoms with E-state index in [1.54, 1.807) is 34.9 Å². The molecule has 2 aromatic heterocycles. The third-order valence-electron chi connectivity index (χ3n) is 4.22. The summed E-state index contributed by atoms with van der Waals surface area (Å²) < 4.78 is 7.17. The molecule has 0 aliphatic carbocycles. The highest BCUT2D eigenvalue weighted by Crippen LogP contribution is 2.24. The van der Waals surface area contributed by atoms with Crippen molar-refractivity contribution in [2.75, 3.05) is 18.5 Å². The number of carbonyl (C=O) groups excluding carboxylic acids is 2. The van der Waals surface area contributed by atoms with E-state index >= 15 is 0 Å². The molecule has 2 N–H and O–H groups in total. The fourth-order valence-corrected chi connectivity index (χ4v) is 2.86. The number of rotatable bonds is 8. The number of hydrogen-bond acceptors (Lipinski definition) is 4. The average molecular weight is 380 g/mol. The number of amides is 2. The largest absolute Gasteiger partial charge is 0.492 e. The number of anilines is 1. The van der Waals surface area contributed by atoms with E-state index in [1.807, 2.05) is 25.1 Å². The number of pyridine rings is 1. The number of benzene rings is 1. The second kappa shape index (κ2) is 9.03. The van der Waals surface area contributed by atoms with Crippen LogP contribution in [-0.2, 0) is 0 Å². The number of unbranched alkanes of at least 4 members (excludes halogenated alkanes) is 1. The molecule has 2 heterocycles. The summed E-state index contributed by atoms with van der Waals surface area (Å²) in [6.45, 7) is 5.00. The summed E-state index contributed by atoms with van der Waals surface area (Å²) in [6.07, 6.45) is 3.59. The molecule has 0 radical (unpaired) electrons. The normalized spacial score (nSPS) is 10.6. The molecule has 0 bridgehead atoms. The van der Waals surface area contributed by atoms with Gasteiger partial charge in [-0.15, -0.1) is 0 Å². The van der Waals surface area contributed by atoms with Crippen LogP contribution >= 0.6 is 0 Å². The Morgan fingerprint density at radius 2 is 1.86 bits per heavy atom. The van der Waals surface area contributed by atoms with Crippen molar-refractivity contribution in [3.63, 3.8) is 0 Å². The van der Waals surface area contributed by atoms with Gasteiger partial charge in [0.1, 0.15) is 5.75 Å². The Hall–Kier alpha value is -3.35. The van der Waals surface area contributed by atoms with E-state index < -0.39 is 5.91 Å². The van der Waals surface area contributed by atoms with Gasteiger partial charge in [-0.05, 0) is 37.6 Å². The topological polar surface area (TPSA) is 84.7 Å². The zero-order valence-corrected chi connectivity index (χ0v) is 16.1. The maximum atomic E-state index is 12.9. The summed E-state index contributed by atoms with van der Waals surface area (Å²) in [5.74, 6) is 0.0196. The van der Waals surface area contributed by atoms with Crippen LogP contribution in [0.4, 0.5) is 5.69 Å². The van der Waals surface area contributed by atoms with Crippen LogP contribution in [0.3, 0.4) is 0 Å². The van der Waals surface area contributed by atoms with E-state index in [4.69, 9.17) is 4.74 Å². The summed E-state index contributed by atoms with van der Waals surface area (Å²) in [5.41, 5.74) is 1.37. The quantitative estimate of drug-likeness (QED) is 0.586. The summed E-state index contributed by atoms with van der Waals surface area (Å²) in [6, 6.07) is 12.6. The van der Waals surface area contributed by atoms with Gasteiger partial charge in [-0.3, -0.25) is 14.0 Å². The van der Waals surface area contributed by atoms with Gasteiger partial charge < -0.3 is 15.4 Å². The van der Waals surface area contributed by atoms with E-state index in [9.17, 15) is 9.59 Å². The second-order valence-electron chi connectivity index (χ2n) is 6.23. The maximum Gasteiger partial charge on any atom is 0.292 e. The van der Waals surface area contributed by atoms with Crippen molar-refractivity contribution in [3.8, 4) is 5.75 Å². The predicted octanol–water partition coefficient (Wildman–Crippen LogP) is 3.52. The zero-order valence-electron chi connectivity index (χ0n) is 16.1. The van der Waals surface area contributed by atoms with Crippen LogP contribution in [0.5, 0.6) is 5.75 Å². The molecule has 0 spiro atoms. The molecule has 0 aliphatic rings. The van der Waals surface area contributed by atoms with Crippen LogP contribution in [0.15, 0.2) is 48.7 Å². The average Bonchev–Trinajstić information content (AvgIpc) is 3.10. The van der Waals surface area contributed by atoms with Gasteiger partial charge in [0.25, 0.3) is 11.8 Å². The molecule has 1 aromatic carbocycles. The fourth-order valence-electron chi connectivity index (χ4n) is 2.86. The summed E-state index contributed by atoms with van der Waals surface area (Å²) in [4.78, 5) is 29.8. The number of para-hydroxylation sites is 2. The molecule has 7 heteroatoms. The molecular weight excluding hydrogens is 356 g/mol. The van der Waals surface area contributed by atoms with Crippen molar-refractivity contribution >= 4 is 23.0 Å². The smallest absolute Gasteiger partial charge is 0.292 e. The van der Waals surface area contributed by atoms with Crippen LogP contribution in [-0.4, -0.2) is 34.4 Å². The monoisotopic (exact) mass is 380 g/mol. The van der Waals surface area contributed by atoms with Gasteiger partial charge >= 0.3 is 0 Å². The molecule has 3 aromatic rings. The van der Waals surface area contributed by atoms with Gasteiger partial charge in [0.05, 0.1) is 17.8 Å². The van der Waals surface area contributed by atoms with Crippen LogP contribution in [0.25, 0.3) is 5.52 Å². The van der Waals surface area contributed by atoms with Crippen LogP contribution in [0.2, 0.25) is 0 Å². The zero-order chi connectivity index (χ0) is 19.9. The molecule has 0 aliphatic heterocycles. The lowest BCUT2D eigenvalue weighted by Gasteiger charge is -2.10. The van der Waals surface area contributed by atoms with Gasteiger partial charge in [-0.2, -0.15) is 0 Å². The molecule has 0 saturated heterocycles. The van der Waals surface area contributed by atoms with Crippen LogP contribution in [0.1, 0.15) is 47.8 Å². The van der Waals surface area contributed by atoms with E-state index in [-0.39, 0.29) is 17.4 Å². The molecule has 0 atom stereocenters. The Balaban J connectivity index is 1.91. The number of nitrogens with one attached hydrogen (secondary N) is 2. The predicted molar refractivity (Wildman–Crippen MR) is 108 cm³/mol. The highest BCUT2D eigenvalue weighted by atomic mass is 16.5. The molecule has 0 saturated carbocycles. The number of aromatic nitrogens is 2. The highest BCUT2D eigenvalue weighted by molar-refractivity contribution is 6.06. The lowest BCUT2D eigenvalue weighted by atomic mass is 10.3. The lowest BCUT2D eigenvalue weighted by Crippen LogP contribution is -2.25. The minimum absolute atomic E-state index is 0.141. The van der Waals surface area contributed by atoms with Gasteiger partial charge in [-0.1, -0.05) is 31.5 Å². The first-order chi connectivity index (χ1) is 13.7. The number of imidazole rings is 1. The van der Waals surface area contributed by atoms with E-state index in [1.165, 1.54) is 0 Å². The van der Waals surface area contributed by atoms with Crippen molar-refractivity contribution in [2.24, 2.45) is 0 Å². The molecule has 28 heavy (non-hydrogen) atoms. The number of fused-ring (bicyclic) bond motifs is 1. The Kier molecular flexibility index (Phi) is 6.26. The van der Waals surface area contributed by atoms with Crippen molar-refractivity contribution in [2.45, 2.75) is 26.7 Å². The standard InChI is InChI=1S/C21H24N4O3/c1-3-5-13-22-20(26)18-16-11-8-9-14-25(16)19(24-18)21(27)23-15-10-6-7-12-17(15)28-4-2/h6-12,14H,3-5,13H2,1-2H3,(H,22,26)(H,23,27). The fraction of sp³-hybridized carbons (Fsp3) is 0.286. The Bertz CT molecular complexity index is 981. The molecule has 7 nitrogen and oxygen atoms in total. The van der Waals surface area contributed by atoms with Crippen LogP contribution in [0, 0.1) is 0 Å². The number of nitrogens with zero attached hydrogens (tertiary/aromatic N) is 2. The third kappa shape index (κ3) is 4.14. The van der Waals surface area contributed by atoms with Crippen LogP contribution < -0.4 is 15.4 Å². The lowest BCUT2D eigenvalue weighted by molar-refractivity contribution is 0.0950. The van der Waals surface area contributed by atoms with Crippen molar-refractivity contribution < 1.29 is 14.3 Å². The number of ether oxygens (including phenoxy) is 1. The molecule has 0 fully saturated rings. The molecule has 0 unspecified atom stereocenters. The van der Waals surface area contributed by atoms with Gasteiger partial charge in [0.2, 0.25) is 5.82 Å². The van der Waals surface area contributed by atoms with E-state index in [2.05, 4.69) is 22.5 Å². The SMILES string of the molecule is CCCCNC(=O)c1nc(C(=O)Nc2ccccc2OCC)n2ccccc12. The third-order valence-corrected chi connectivity index (χ3v) is 4.22. The second-order valence-corrected chi connectivity index (χ2v) is 6.23. The number of hydrogen-bond donors (Lipinski definition) is 2. The van der Waals surface area contributed by atoms with Gasteiger partial charge in [0, 0.05) is 12.7 Å². The van der Waals surface area contributed by atoms with Crippen molar-refractivity contribution in [3.05, 3.63) is 60.2 Å². The molecule has 3 rings (SSSR count). The number of carbonyl (C=O) groups is 2. The highest BCUT2D eigenvalue weighted by Gasteiger charge is 2.22. The molecule has 2 amide bonds. The minimum atomic E-state index is -0.416. The van der Waals surface area contributed by atoms with Crippen molar-refractivity contribution in [1.82, 2.24) is 14.7 Å². The first-order valence-corrected chi connectivity index (χ1v) is 9.44. The Labute approximate surface area is 163 Å². The summed E-state index contributed by atoms with van der Waals surface area (Å²) in [5, 5.41) is 5.68. The van der Waals surface area contributed by atoms with E-state index in [0.29, 0.717) is 30.1 Å². The molecular formula is C21H24N4O3. The van der Waals surface area contributed by atoms with Gasteiger partial charge in [-0.25, -0.2) is 4.98 Å². The van der Waals surface area contributed by atoms with Gasteiger partial charge in [0.15, 0.2) is 5.69 Å².